The molecule has 0 fully saturated rings. The van der Waals surface area contributed by atoms with Gasteiger partial charge in [0.1, 0.15) is 18.3 Å². The van der Waals surface area contributed by atoms with Gasteiger partial charge in [-0.05, 0) is 54.3 Å². The van der Waals surface area contributed by atoms with Gasteiger partial charge in [0.05, 0.1) is 19.1 Å². The Morgan fingerprint density at radius 3 is 2.36 bits per heavy atom. The number of sulfonamides is 1. The number of ether oxygens (including phenoxy) is 1. The SMILES string of the molecule is CCCCNC(=O)C(Cc1ccccc1)N(Cc1ccc(Cl)cc1Cl)C(=O)CN(c1cc(C)ccc1OC)S(C)(=O)=O. The van der Waals surface area contributed by atoms with Crippen molar-refractivity contribution < 1.29 is 22.7 Å². The molecular formula is C31H37Cl2N3O5S. The first-order valence-corrected chi connectivity index (χ1v) is 16.2. The van der Waals surface area contributed by atoms with Gasteiger partial charge < -0.3 is 15.0 Å². The topological polar surface area (TPSA) is 96.0 Å². The Bertz CT molecular complexity index is 1490. The molecule has 0 saturated heterocycles. The fourth-order valence-corrected chi connectivity index (χ4v) is 5.80. The number of carbonyl (C=O) groups excluding carboxylic acids is 2. The van der Waals surface area contributed by atoms with Crippen LogP contribution in [0.4, 0.5) is 5.69 Å². The van der Waals surface area contributed by atoms with E-state index in [2.05, 4.69) is 5.32 Å². The van der Waals surface area contributed by atoms with Crippen molar-refractivity contribution in [3.8, 4) is 5.75 Å². The van der Waals surface area contributed by atoms with Gasteiger partial charge in [0, 0.05) is 29.6 Å². The van der Waals surface area contributed by atoms with Crippen molar-refractivity contribution in [3.05, 3.63) is 93.5 Å². The van der Waals surface area contributed by atoms with Crippen molar-refractivity contribution in [2.75, 3.05) is 30.8 Å². The standard InChI is InChI=1S/C31H37Cl2N3O5S/c1-5-6-16-34-31(38)28(18-23-10-8-7-9-11-23)35(20-24-13-14-25(32)19-26(24)33)30(37)21-36(42(4,39)40)27-17-22(2)12-15-29(27)41-3/h7-15,17,19,28H,5-6,16,18,20-21H2,1-4H3,(H,34,38). The number of hydrogen-bond donors (Lipinski definition) is 1. The molecule has 0 aromatic heterocycles. The largest absolute Gasteiger partial charge is 0.495 e. The second-order valence-electron chi connectivity index (χ2n) is 10.1. The average Bonchev–Trinajstić information content (AvgIpc) is 2.94. The number of hydrogen-bond acceptors (Lipinski definition) is 5. The molecule has 42 heavy (non-hydrogen) atoms. The molecule has 8 nitrogen and oxygen atoms in total. The van der Waals surface area contributed by atoms with Crippen molar-refractivity contribution in [2.24, 2.45) is 0 Å². The van der Waals surface area contributed by atoms with E-state index in [9.17, 15) is 18.0 Å². The Labute approximate surface area is 258 Å². The van der Waals surface area contributed by atoms with E-state index in [0.29, 0.717) is 27.9 Å². The Kier molecular flexibility index (Phi) is 12.1. The van der Waals surface area contributed by atoms with Crippen molar-refractivity contribution in [3.63, 3.8) is 0 Å². The summed E-state index contributed by atoms with van der Waals surface area (Å²) in [4.78, 5) is 29.3. The van der Waals surface area contributed by atoms with Gasteiger partial charge >= 0.3 is 0 Å². The number of nitrogens with zero attached hydrogens (tertiary/aromatic N) is 2. The van der Waals surface area contributed by atoms with E-state index in [0.717, 1.165) is 34.5 Å². The minimum atomic E-state index is -3.94. The van der Waals surface area contributed by atoms with Crippen molar-refractivity contribution in [1.29, 1.82) is 0 Å². The predicted molar refractivity (Wildman–Crippen MR) is 169 cm³/mol. The van der Waals surface area contributed by atoms with Crippen molar-refractivity contribution in [2.45, 2.75) is 45.7 Å². The summed E-state index contributed by atoms with van der Waals surface area (Å²) in [5.74, 6) is -0.629. The number of carbonyl (C=O) groups is 2. The molecule has 3 aromatic rings. The van der Waals surface area contributed by atoms with Gasteiger partial charge in [-0.3, -0.25) is 13.9 Å². The molecule has 0 heterocycles. The van der Waals surface area contributed by atoms with Crippen LogP contribution in [-0.2, 0) is 32.6 Å². The van der Waals surface area contributed by atoms with Gasteiger partial charge in [0.2, 0.25) is 21.8 Å². The molecular weight excluding hydrogens is 597 g/mol. The van der Waals surface area contributed by atoms with E-state index < -0.39 is 28.5 Å². The van der Waals surface area contributed by atoms with Gasteiger partial charge in [0.15, 0.2) is 0 Å². The minimum absolute atomic E-state index is 0.0455. The van der Waals surface area contributed by atoms with Crippen LogP contribution in [0.15, 0.2) is 66.7 Å². The minimum Gasteiger partial charge on any atom is -0.495 e. The van der Waals surface area contributed by atoms with Crippen LogP contribution < -0.4 is 14.4 Å². The van der Waals surface area contributed by atoms with Crippen LogP contribution in [0.25, 0.3) is 0 Å². The predicted octanol–water partition coefficient (Wildman–Crippen LogP) is 5.63. The summed E-state index contributed by atoms with van der Waals surface area (Å²) in [6, 6.07) is 18.4. The zero-order valence-corrected chi connectivity index (χ0v) is 26.6. The average molecular weight is 635 g/mol. The molecule has 1 unspecified atom stereocenters. The summed E-state index contributed by atoms with van der Waals surface area (Å²) in [7, 11) is -2.51. The molecule has 226 valence electrons. The van der Waals surface area contributed by atoms with Crippen LogP contribution in [0.5, 0.6) is 5.75 Å². The van der Waals surface area contributed by atoms with E-state index >= 15 is 0 Å². The smallest absolute Gasteiger partial charge is 0.244 e. The molecule has 0 aliphatic heterocycles. The first kappa shape index (κ1) is 33.2. The fraction of sp³-hybridized carbons (Fsp3) is 0.355. The lowest BCUT2D eigenvalue weighted by molar-refractivity contribution is -0.140. The monoisotopic (exact) mass is 633 g/mol. The molecule has 3 aromatic carbocycles. The number of benzene rings is 3. The lowest BCUT2D eigenvalue weighted by Crippen LogP contribution is -2.53. The van der Waals surface area contributed by atoms with Crippen molar-refractivity contribution >= 4 is 50.7 Å². The Hall–Kier alpha value is -3.27. The zero-order valence-electron chi connectivity index (χ0n) is 24.3. The molecule has 0 radical (unpaired) electrons. The highest BCUT2D eigenvalue weighted by atomic mass is 35.5. The van der Waals surface area contributed by atoms with E-state index in [-0.39, 0.29) is 24.6 Å². The maximum atomic E-state index is 14.2. The van der Waals surface area contributed by atoms with E-state index in [1.165, 1.54) is 12.0 Å². The Morgan fingerprint density at radius 1 is 1.02 bits per heavy atom. The third-order valence-electron chi connectivity index (χ3n) is 6.74. The third kappa shape index (κ3) is 9.11. The number of anilines is 1. The van der Waals surface area contributed by atoms with Gasteiger partial charge in [0.25, 0.3) is 0 Å². The normalized spacial score (nSPS) is 12.0. The number of aryl methyl sites for hydroxylation is 1. The first-order chi connectivity index (χ1) is 19.9. The molecule has 1 N–H and O–H groups in total. The summed E-state index contributed by atoms with van der Waals surface area (Å²) in [5, 5.41) is 3.70. The number of amides is 2. The fourth-order valence-electron chi connectivity index (χ4n) is 4.48. The van der Waals surface area contributed by atoms with E-state index in [1.807, 2.05) is 44.2 Å². The van der Waals surface area contributed by atoms with Crippen LogP contribution >= 0.6 is 23.2 Å². The maximum Gasteiger partial charge on any atom is 0.244 e. The molecule has 1 atom stereocenters. The van der Waals surface area contributed by atoms with Gasteiger partial charge in [-0.2, -0.15) is 0 Å². The lowest BCUT2D eigenvalue weighted by Gasteiger charge is -2.34. The quantitative estimate of drug-likeness (QED) is 0.232. The number of unbranched alkanes of at least 4 members (excludes halogenated alkanes) is 1. The molecule has 0 aliphatic rings. The third-order valence-corrected chi connectivity index (χ3v) is 8.45. The molecule has 3 rings (SSSR count). The highest BCUT2D eigenvalue weighted by molar-refractivity contribution is 7.92. The lowest BCUT2D eigenvalue weighted by atomic mass is 10.0. The van der Waals surface area contributed by atoms with Crippen LogP contribution in [0.3, 0.4) is 0 Å². The van der Waals surface area contributed by atoms with E-state index in [1.54, 1.807) is 36.4 Å². The molecule has 0 bridgehead atoms. The summed E-state index contributed by atoms with van der Waals surface area (Å²) >= 11 is 12.6. The van der Waals surface area contributed by atoms with Crippen LogP contribution in [0, 0.1) is 6.92 Å². The second-order valence-corrected chi connectivity index (χ2v) is 12.8. The molecule has 11 heteroatoms. The first-order valence-electron chi connectivity index (χ1n) is 13.6. The van der Waals surface area contributed by atoms with Gasteiger partial charge in [-0.1, -0.05) is 79.0 Å². The number of halogens is 2. The van der Waals surface area contributed by atoms with E-state index in [4.69, 9.17) is 27.9 Å². The van der Waals surface area contributed by atoms with Gasteiger partial charge in [-0.25, -0.2) is 8.42 Å². The number of methoxy groups -OCH3 is 1. The highest BCUT2D eigenvalue weighted by Gasteiger charge is 2.34. The summed E-state index contributed by atoms with van der Waals surface area (Å²) in [6.45, 7) is 3.68. The van der Waals surface area contributed by atoms with Crippen molar-refractivity contribution in [1.82, 2.24) is 10.2 Å². The molecule has 0 spiro atoms. The molecule has 0 saturated carbocycles. The zero-order chi connectivity index (χ0) is 30.9. The van der Waals surface area contributed by atoms with Crippen LogP contribution in [0.1, 0.15) is 36.5 Å². The summed E-state index contributed by atoms with van der Waals surface area (Å²) in [5.41, 5.74) is 2.42. The van der Waals surface area contributed by atoms with Gasteiger partial charge in [-0.15, -0.1) is 0 Å². The number of rotatable bonds is 14. The Morgan fingerprint density at radius 2 is 1.74 bits per heavy atom. The highest BCUT2D eigenvalue weighted by Crippen LogP contribution is 2.32. The van der Waals surface area contributed by atoms with Crippen LogP contribution in [0.2, 0.25) is 10.0 Å². The molecule has 2 amide bonds. The van der Waals surface area contributed by atoms with Crippen LogP contribution in [-0.4, -0.2) is 57.6 Å². The molecule has 0 aliphatic carbocycles. The second kappa shape index (κ2) is 15.3. The number of nitrogens with one attached hydrogen (secondary N) is 1. The maximum absolute atomic E-state index is 14.2. The Balaban J connectivity index is 2.10. The summed E-state index contributed by atoms with van der Waals surface area (Å²) in [6.07, 6.45) is 2.90. The summed E-state index contributed by atoms with van der Waals surface area (Å²) < 4.78 is 32.6.